The summed E-state index contributed by atoms with van der Waals surface area (Å²) in [5.74, 6) is 0.619. The van der Waals surface area contributed by atoms with E-state index in [1.807, 2.05) is 13.8 Å². The number of hydrogen-bond acceptors (Lipinski definition) is 2. The van der Waals surface area contributed by atoms with Crippen molar-refractivity contribution in [3.8, 4) is 5.75 Å². The molecule has 74 valence electrons. The maximum absolute atomic E-state index is 11.0. The molecule has 1 aromatic carbocycles. The highest BCUT2D eigenvalue weighted by molar-refractivity contribution is 6.32. The second-order valence-electron chi connectivity index (χ2n) is 3.35. The zero-order chi connectivity index (χ0) is 10.3. The highest BCUT2D eigenvalue weighted by Gasteiger charge is 2.20. The van der Waals surface area contributed by atoms with Gasteiger partial charge in [-0.05, 0) is 31.0 Å². The van der Waals surface area contributed by atoms with Gasteiger partial charge in [-0.3, -0.25) is 0 Å². The Kier molecular flexibility index (Phi) is 2.11. The van der Waals surface area contributed by atoms with E-state index in [-0.39, 0.29) is 0 Å². The zero-order valence-electron chi connectivity index (χ0n) is 7.98. The smallest absolute Gasteiger partial charge is 0.410 e. The quantitative estimate of drug-likeness (QED) is 0.716. The number of halogens is 1. The Bertz CT molecular complexity index is 415. The molecule has 1 aromatic rings. The molecule has 0 fully saturated rings. The van der Waals surface area contributed by atoms with Crippen molar-refractivity contribution in [1.82, 2.24) is 5.32 Å². The number of nitrogens with one attached hydrogen (secondary N) is 1. The minimum Gasteiger partial charge on any atom is -0.410 e. The fourth-order valence-corrected chi connectivity index (χ4v) is 1.74. The molecule has 0 aliphatic carbocycles. The van der Waals surface area contributed by atoms with E-state index in [2.05, 4.69) is 5.32 Å². The van der Waals surface area contributed by atoms with Crippen molar-refractivity contribution in [2.45, 2.75) is 20.4 Å². The van der Waals surface area contributed by atoms with Gasteiger partial charge in [-0.15, -0.1) is 0 Å². The Labute approximate surface area is 87.0 Å². The predicted molar refractivity (Wildman–Crippen MR) is 53.8 cm³/mol. The van der Waals surface area contributed by atoms with Crippen molar-refractivity contribution < 1.29 is 9.53 Å². The van der Waals surface area contributed by atoms with Gasteiger partial charge in [0.1, 0.15) is 5.75 Å². The first-order chi connectivity index (χ1) is 6.59. The lowest BCUT2D eigenvalue weighted by molar-refractivity contribution is 0.194. The second-order valence-corrected chi connectivity index (χ2v) is 3.73. The lowest BCUT2D eigenvalue weighted by Crippen LogP contribution is -2.31. The van der Waals surface area contributed by atoms with E-state index in [4.69, 9.17) is 16.3 Å². The SMILES string of the molecule is Cc1cc2c(c(C)c1Cl)CNC(=O)O2. The van der Waals surface area contributed by atoms with E-state index in [9.17, 15) is 4.79 Å². The largest absolute Gasteiger partial charge is 0.412 e. The van der Waals surface area contributed by atoms with E-state index < -0.39 is 6.09 Å². The number of amides is 1. The van der Waals surface area contributed by atoms with Crippen molar-refractivity contribution in [2.75, 3.05) is 0 Å². The summed E-state index contributed by atoms with van der Waals surface area (Å²) in [6.45, 7) is 4.31. The van der Waals surface area contributed by atoms with Crippen LogP contribution in [0.15, 0.2) is 6.07 Å². The van der Waals surface area contributed by atoms with Crippen LogP contribution in [0.4, 0.5) is 4.79 Å². The van der Waals surface area contributed by atoms with E-state index in [0.29, 0.717) is 12.3 Å². The number of carbonyl (C=O) groups is 1. The molecule has 1 aliphatic heterocycles. The summed E-state index contributed by atoms with van der Waals surface area (Å²) in [6, 6.07) is 1.80. The molecule has 2 rings (SSSR count). The van der Waals surface area contributed by atoms with Gasteiger partial charge in [0.2, 0.25) is 0 Å². The second kappa shape index (κ2) is 3.17. The van der Waals surface area contributed by atoms with Crippen LogP contribution in [-0.2, 0) is 6.54 Å². The molecule has 0 unspecified atom stereocenters. The van der Waals surface area contributed by atoms with Crippen molar-refractivity contribution in [2.24, 2.45) is 0 Å². The van der Waals surface area contributed by atoms with Crippen LogP contribution in [0.5, 0.6) is 5.75 Å². The highest BCUT2D eigenvalue weighted by Crippen LogP contribution is 2.33. The number of carbonyl (C=O) groups excluding carboxylic acids is 1. The molecule has 0 bridgehead atoms. The first-order valence-corrected chi connectivity index (χ1v) is 4.71. The molecule has 3 nitrogen and oxygen atoms in total. The van der Waals surface area contributed by atoms with Gasteiger partial charge in [0.25, 0.3) is 0 Å². The fraction of sp³-hybridized carbons (Fsp3) is 0.300. The molecule has 4 heteroatoms. The normalized spacial score (nSPS) is 14.4. The minimum absolute atomic E-state index is 0.404. The fourth-order valence-electron chi connectivity index (χ4n) is 1.57. The van der Waals surface area contributed by atoms with E-state index in [1.54, 1.807) is 6.07 Å². The molecule has 0 atom stereocenters. The van der Waals surface area contributed by atoms with E-state index in [0.717, 1.165) is 21.7 Å². The van der Waals surface area contributed by atoms with Gasteiger partial charge in [-0.1, -0.05) is 11.6 Å². The average molecular weight is 212 g/mol. The Morgan fingerprint density at radius 1 is 1.50 bits per heavy atom. The Balaban J connectivity index is 2.59. The minimum atomic E-state index is -0.404. The van der Waals surface area contributed by atoms with Crippen LogP contribution >= 0.6 is 11.6 Å². The highest BCUT2D eigenvalue weighted by atomic mass is 35.5. The number of benzene rings is 1. The van der Waals surface area contributed by atoms with Crippen LogP contribution in [0.2, 0.25) is 5.02 Å². The topological polar surface area (TPSA) is 38.3 Å². The number of ether oxygens (including phenoxy) is 1. The maximum atomic E-state index is 11.0. The van der Waals surface area contributed by atoms with Crippen LogP contribution in [0.3, 0.4) is 0 Å². The van der Waals surface area contributed by atoms with Crippen molar-refractivity contribution in [3.05, 3.63) is 27.8 Å². The third-order valence-electron chi connectivity index (χ3n) is 2.39. The third-order valence-corrected chi connectivity index (χ3v) is 2.97. The van der Waals surface area contributed by atoms with Crippen molar-refractivity contribution >= 4 is 17.7 Å². The first-order valence-electron chi connectivity index (χ1n) is 4.34. The molecule has 0 radical (unpaired) electrons. The standard InChI is InChI=1S/C10H10ClNO2/c1-5-3-8-7(6(2)9(5)11)4-12-10(13)14-8/h3H,4H2,1-2H3,(H,12,13). The molecular weight excluding hydrogens is 202 g/mol. The molecule has 1 amide bonds. The van der Waals surface area contributed by atoms with Crippen LogP contribution in [-0.4, -0.2) is 6.09 Å². The molecule has 1 N–H and O–H groups in total. The summed E-state index contributed by atoms with van der Waals surface area (Å²) in [5.41, 5.74) is 2.86. The Hall–Kier alpha value is -1.22. The molecule has 1 heterocycles. The summed E-state index contributed by atoms with van der Waals surface area (Å²) in [5, 5.41) is 3.35. The third kappa shape index (κ3) is 1.34. The summed E-state index contributed by atoms with van der Waals surface area (Å²) < 4.78 is 5.04. The Morgan fingerprint density at radius 2 is 2.21 bits per heavy atom. The van der Waals surface area contributed by atoms with Gasteiger partial charge in [0, 0.05) is 10.6 Å². The number of hydrogen-bond donors (Lipinski definition) is 1. The molecule has 1 aliphatic rings. The van der Waals surface area contributed by atoms with E-state index >= 15 is 0 Å². The van der Waals surface area contributed by atoms with Gasteiger partial charge in [0.05, 0.1) is 6.54 Å². The van der Waals surface area contributed by atoms with Gasteiger partial charge in [0.15, 0.2) is 0 Å². The van der Waals surface area contributed by atoms with E-state index in [1.165, 1.54) is 0 Å². The number of aryl methyl sites for hydroxylation is 1. The summed E-state index contributed by atoms with van der Waals surface area (Å²) in [6.07, 6.45) is -0.404. The van der Waals surface area contributed by atoms with Gasteiger partial charge in [-0.2, -0.15) is 0 Å². The average Bonchev–Trinajstić information content (AvgIpc) is 2.14. The molecular formula is C10H10ClNO2. The summed E-state index contributed by atoms with van der Waals surface area (Å²) in [4.78, 5) is 11.0. The summed E-state index contributed by atoms with van der Waals surface area (Å²) in [7, 11) is 0. The van der Waals surface area contributed by atoms with Crippen LogP contribution in [0.25, 0.3) is 0 Å². The molecule has 0 saturated heterocycles. The lowest BCUT2D eigenvalue weighted by atomic mass is 10.0. The van der Waals surface area contributed by atoms with Gasteiger partial charge in [-0.25, -0.2) is 4.79 Å². The summed E-state index contributed by atoms with van der Waals surface area (Å²) >= 11 is 6.08. The number of fused-ring (bicyclic) bond motifs is 1. The van der Waals surface area contributed by atoms with Crippen LogP contribution in [0, 0.1) is 13.8 Å². The Morgan fingerprint density at radius 3 is 2.93 bits per heavy atom. The molecule has 0 saturated carbocycles. The molecule has 0 spiro atoms. The van der Waals surface area contributed by atoms with Crippen molar-refractivity contribution in [1.29, 1.82) is 0 Å². The molecule has 0 aromatic heterocycles. The number of rotatable bonds is 0. The monoisotopic (exact) mass is 211 g/mol. The maximum Gasteiger partial charge on any atom is 0.412 e. The van der Waals surface area contributed by atoms with Crippen LogP contribution in [0.1, 0.15) is 16.7 Å². The molecule has 14 heavy (non-hydrogen) atoms. The van der Waals surface area contributed by atoms with Crippen LogP contribution < -0.4 is 10.1 Å². The lowest BCUT2D eigenvalue weighted by Gasteiger charge is -2.20. The zero-order valence-corrected chi connectivity index (χ0v) is 8.73. The van der Waals surface area contributed by atoms with Crippen molar-refractivity contribution in [3.63, 3.8) is 0 Å². The predicted octanol–water partition coefficient (Wildman–Crippen LogP) is 2.56. The first kappa shape index (κ1) is 9.34. The van der Waals surface area contributed by atoms with Gasteiger partial charge < -0.3 is 10.1 Å². The van der Waals surface area contributed by atoms with Gasteiger partial charge >= 0.3 is 6.09 Å².